The second-order valence-corrected chi connectivity index (χ2v) is 3.64. The summed E-state index contributed by atoms with van der Waals surface area (Å²) in [5.74, 6) is 0.504. The Morgan fingerprint density at radius 1 is 1.29 bits per heavy atom. The first-order chi connectivity index (χ1) is 6.88. The second kappa shape index (κ2) is 4.26. The zero-order valence-corrected chi connectivity index (χ0v) is 8.20. The maximum Gasteiger partial charge on any atom is 0.289 e. The minimum absolute atomic E-state index is 0.0388. The minimum Gasteiger partial charge on any atom is -0.341 e. The highest BCUT2D eigenvalue weighted by atomic mass is 16.2. The lowest BCUT2D eigenvalue weighted by Gasteiger charge is -2.18. The molecule has 76 valence electrons. The lowest BCUT2D eigenvalue weighted by molar-refractivity contribution is 0.0750. The van der Waals surface area contributed by atoms with Crippen molar-refractivity contribution in [1.82, 2.24) is 14.9 Å². The molecule has 1 aromatic heterocycles. The van der Waals surface area contributed by atoms with Crippen LogP contribution in [0.1, 0.15) is 36.3 Å². The smallest absolute Gasteiger partial charge is 0.289 e. The van der Waals surface area contributed by atoms with Crippen LogP contribution in [0.25, 0.3) is 0 Å². The molecule has 1 fully saturated rings. The summed E-state index contributed by atoms with van der Waals surface area (Å²) in [5, 5.41) is 0. The molecule has 0 spiro atoms. The standard InChI is InChI=1S/C10H15N3O/c14-10(9-11-5-6-12-9)13-7-3-1-2-4-8-13/h5-6H,1-4,7-8H2,(H,11,12). The summed E-state index contributed by atoms with van der Waals surface area (Å²) in [6.45, 7) is 1.75. The van der Waals surface area contributed by atoms with Gasteiger partial charge in [-0.05, 0) is 12.8 Å². The van der Waals surface area contributed by atoms with E-state index in [1.165, 1.54) is 12.8 Å². The highest BCUT2D eigenvalue weighted by Crippen LogP contribution is 2.11. The molecular formula is C10H15N3O. The van der Waals surface area contributed by atoms with Crippen LogP contribution in [-0.4, -0.2) is 33.9 Å². The average molecular weight is 193 g/mol. The van der Waals surface area contributed by atoms with E-state index in [9.17, 15) is 4.79 Å². The number of carbonyl (C=O) groups is 1. The summed E-state index contributed by atoms with van der Waals surface area (Å²) in [7, 11) is 0. The molecule has 1 aliphatic heterocycles. The molecule has 0 saturated carbocycles. The van der Waals surface area contributed by atoms with E-state index in [0.29, 0.717) is 5.82 Å². The van der Waals surface area contributed by atoms with Crippen LogP contribution in [0.3, 0.4) is 0 Å². The Balaban J connectivity index is 2.03. The predicted octanol–water partition coefficient (Wildman–Crippen LogP) is 1.43. The van der Waals surface area contributed by atoms with E-state index in [-0.39, 0.29) is 5.91 Å². The SMILES string of the molecule is O=C(c1ncc[nH]1)N1CCCCCC1. The lowest BCUT2D eigenvalue weighted by Crippen LogP contribution is -2.32. The molecule has 1 aliphatic rings. The molecule has 1 saturated heterocycles. The summed E-state index contributed by atoms with van der Waals surface area (Å²) in [6.07, 6.45) is 8.01. The van der Waals surface area contributed by atoms with Gasteiger partial charge in [-0.1, -0.05) is 12.8 Å². The number of rotatable bonds is 1. The molecular weight excluding hydrogens is 178 g/mol. The summed E-state index contributed by atoms with van der Waals surface area (Å²) in [4.78, 5) is 20.6. The Labute approximate surface area is 83.3 Å². The van der Waals surface area contributed by atoms with E-state index in [1.807, 2.05) is 4.90 Å². The molecule has 0 radical (unpaired) electrons. The van der Waals surface area contributed by atoms with Gasteiger partial charge in [0.05, 0.1) is 0 Å². The predicted molar refractivity (Wildman–Crippen MR) is 53.0 cm³/mol. The maximum absolute atomic E-state index is 11.8. The van der Waals surface area contributed by atoms with Crippen molar-refractivity contribution in [2.75, 3.05) is 13.1 Å². The van der Waals surface area contributed by atoms with Crippen LogP contribution in [0.2, 0.25) is 0 Å². The number of imidazole rings is 1. The first kappa shape index (κ1) is 9.24. The molecule has 2 heterocycles. The van der Waals surface area contributed by atoms with Gasteiger partial charge in [0.2, 0.25) is 0 Å². The Morgan fingerprint density at radius 3 is 2.57 bits per heavy atom. The number of aromatic nitrogens is 2. The number of H-pyrrole nitrogens is 1. The third-order valence-corrected chi connectivity index (χ3v) is 2.59. The monoisotopic (exact) mass is 193 g/mol. The summed E-state index contributed by atoms with van der Waals surface area (Å²) < 4.78 is 0. The Hall–Kier alpha value is -1.32. The van der Waals surface area contributed by atoms with Crippen molar-refractivity contribution < 1.29 is 4.79 Å². The summed E-state index contributed by atoms with van der Waals surface area (Å²) in [5.41, 5.74) is 0. The highest BCUT2D eigenvalue weighted by molar-refractivity contribution is 5.90. The summed E-state index contributed by atoms with van der Waals surface area (Å²) in [6, 6.07) is 0. The minimum atomic E-state index is 0.0388. The number of likely N-dealkylation sites (tertiary alicyclic amines) is 1. The third-order valence-electron chi connectivity index (χ3n) is 2.59. The van der Waals surface area contributed by atoms with Gasteiger partial charge in [-0.15, -0.1) is 0 Å². The van der Waals surface area contributed by atoms with Crippen molar-refractivity contribution in [2.24, 2.45) is 0 Å². The summed E-state index contributed by atoms with van der Waals surface area (Å²) >= 11 is 0. The van der Waals surface area contributed by atoms with Gasteiger partial charge in [0.1, 0.15) is 0 Å². The number of aromatic amines is 1. The molecule has 1 amide bonds. The van der Waals surface area contributed by atoms with Gasteiger partial charge >= 0.3 is 0 Å². The molecule has 0 bridgehead atoms. The molecule has 2 rings (SSSR count). The van der Waals surface area contributed by atoms with E-state index in [0.717, 1.165) is 25.9 Å². The van der Waals surface area contributed by atoms with Gasteiger partial charge in [0, 0.05) is 25.5 Å². The zero-order chi connectivity index (χ0) is 9.80. The van der Waals surface area contributed by atoms with Crippen LogP contribution < -0.4 is 0 Å². The van der Waals surface area contributed by atoms with E-state index in [2.05, 4.69) is 9.97 Å². The van der Waals surface area contributed by atoms with Gasteiger partial charge < -0.3 is 9.88 Å². The largest absolute Gasteiger partial charge is 0.341 e. The van der Waals surface area contributed by atoms with Crippen LogP contribution in [0.15, 0.2) is 12.4 Å². The number of nitrogens with zero attached hydrogens (tertiary/aromatic N) is 2. The van der Waals surface area contributed by atoms with Crippen LogP contribution >= 0.6 is 0 Å². The molecule has 0 atom stereocenters. The fourth-order valence-electron chi connectivity index (χ4n) is 1.81. The molecule has 0 unspecified atom stereocenters. The molecule has 1 N–H and O–H groups in total. The topological polar surface area (TPSA) is 49.0 Å². The lowest BCUT2D eigenvalue weighted by atomic mass is 10.2. The number of hydrogen-bond donors (Lipinski definition) is 1. The normalized spacial score (nSPS) is 17.9. The molecule has 0 aromatic carbocycles. The van der Waals surface area contributed by atoms with Crippen LogP contribution in [0.4, 0.5) is 0 Å². The average Bonchev–Trinajstić information content (AvgIpc) is 2.59. The molecule has 4 heteroatoms. The number of nitrogens with one attached hydrogen (secondary N) is 1. The third kappa shape index (κ3) is 1.95. The van der Waals surface area contributed by atoms with Gasteiger partial charge in [-0.25, -0.2) is 4.98 Å². The fourth-order valence-corrected chi connectivity index (χ4v) is 1.81. The van der Waals surface area contributed by atoms with Crippen molar-refractivity contribution in [3.63, 3.8) is 0 Å². The fraction of sp³-hybridized carbons (Fsp3) is 0.600. The quantitative estimate of drug-likeness (QED) is 0.733. The van der Waals surface area contributed by atoms with Crippen molar-refractivity contribution in [3.8, 4) is 0 Å². The number of amides is 1. The van der Waals surface area contributed by atoms with Crippen molar-refractivity contribution in [1.29, 1.82) is 0 Å². The molecule has 4 nitrogen and oxygen atoms in total. The number of carbonyl (C=O) groups excluding carboxylic acids is 1. The molecule has 0 aliphatic carbocycles. The van der Waals surface area contributed by atoms with E-state index in [1.54, 1.807) is 12.4 Å². The second-order valence-electron chi connectivity index (χ2n) is 3.64. The van der Waals surface area contributed by atoms with E-state index < -0.39 is 0 Å². The Morgan fingerprint density at radius 2 is 2.00 bits per heavy atom. The van der Waals surface area contributed by atoms with Crippen LogP contribution in [0.5, 0.6) is 0 Å². The highest BCUT2D eigenvalue weighted by Gasteiger charge is 2.18. The molecule has 14 heavy (non-hydrogen) atoms. The van der Waals surface area contributed by atoms with E-state index in [4.69, 9.17) is 0 Å². The van der Waals surface area contributed by atoms with Crippen LogP contribution in [0, 0.1) is 0 Å². The first-order valence-electron chi connectivity index (χ1n) is 5.16. The van der Waals surface area contributed by atoms with E-state index >= 15 is 0 Å². The maximum atomic E-state index is 11.8. The van der Waals surface area contributed by atoms with Crippen molar-refractivity contribution >= 4 is 5.91 Å². The molecule has 1 aromatic rings. The van der Waals surface area contributed by atoms with Gasteiger partial charge in [0.25, 0.3) is 5.91 Å². The van der Waals surface area contributed by atoms with Crippen molar-refractivity contribution in [3.05, 3.63) is 18.2 Å². The zero-order valence-electron chi connectivity index (χ0n) is 8.20. The van der Waals surface area contributed by atoms with Crippen molar-refractivity contribution in [2.45, 2.75) is 25.7 Å². The number of hydrogen-bond acceptors (Lipinski definition) is 2. The first-order valence-corrected chi connectivity index (χ1v) is 5.16. The van der Waals surface area contributed by atoms with Gasteiger partial charge in [-0.2, -0.15) is 0 Å². The van der Waals surface area contributed by atoms with Gasteiger partial charge in [-0.3, -0.25) is 4.79 Å². The van der Waals surface area contributed by atoms with Gasteiger partial charge in [0.15, 0.2) is 5.82 Å². The Bertz CT molecular complexity index is 286. The van der Waals surface area contributed by atoms with Crippen LogP contribution in [-0.2, 0) is 0 Å². The Kier molecular flexibility index (Phi) is 2.81.